The largest absolute Gasteiger partial charge is 0.388 e. The Morgan fingerprint density at radius 3 is 1.20 bits per heavy atom. The number of nitrogens with zero attached hydrogens (tertiary/aromatic N) is 4. The van der Waals surface area contributed by atoms with Crippen molar-refractivity contribution in [2.24, 2.45) is 0 Å². The first kappa shape index (κ1) is 23.9. The molecule has 4 rings (SSSR count). The van der Waals surface area contributed by atoms with Gasteiger partial charge in [0.1, 0.15) is 0 Å². The molecule has 9 nitrogen and oxygen atoms in total. The van der Waals surface area contributed by atoms with Crippen molar-refractivity contribution in [1.82, 2.24) is 15.0 Å². The third-order valence-electron chi connectivity index (χ3n) is 5.09. The highest BCUT2D eigenvalue weighted by molar-refractivity contribution is 7.95. The van der Waals surface area contributed by atoms with Crippen molar-refractivity contribution >= 4 is 64.3 Å². The van der Waals surface area contributed by atoms with E-state index in [4.69, 9.17) is 0 Å². The molecule has 1 heterocycles. The van der Waals surface area contributed by atoms with Crippen LogP contribution in [0, 0.1) is 0 Å². The molecular weight excluding hydrogens is 465 g/mol. The average molecular weight is 492 g/mol. The maximum absolute atomic E-state index is 12.8. The van der Waals surface area contributed by atoms with Crippen LogP contribution in [0.15, 0.2) is 72.8 Å². The summed E-state index contributed by atoms with van der Waals surface area (Å²) in [4.78, 5) is 13.6. The predicted molar refractivity (Wildman–Crippen MR) is 145 cm³/mol. The molecule has 0 spiro atoms. The molecule has 0 saturated heterocycles. The Morgan fingerprint density at radius 2 is 0.886 bits per heavy atom. The summed E-state index contributed by atoms with van der Waals surface area (Å²) in [6.07, 6.45) is 0. The van der Waals surface area contributed by atoms with Gasteiger partial charge in [-0.15, -0.1) is 3.89 Å². The van der Waals surface area contributed by atoms with Crippen LogP contribution in [0.25, 0.3) is 0 Å². The molecule has 0 amide bonds. The molecule has 0 saturated carbocycles. The fraction of sp³-hybridized carbons (Fsp3) is 0.125. The van der Waals surface area contributed by atoms with Crippen LogP contribution in [-0.4, -0.2) is 36.1 Å². The molecule has 1 aromatic heterocycles. The summed E-state index contributed by atoms with van der Waals surface area (Å²) in [5.74, 6) is 1.10. The van der Waals surface area contributed by atoms with Crippen LogP contribution in [0.4, 0.5) is 55.9 Å². The van der Waals surface area contributed by atoms with E-state index in [0.29, 0.717) is 17.8 Å². The summed E-state index contributed by atoms with van der Waals surface area (Å²) in [6, 6.07) is 22.8. The van der Waals surface area contributed by atoms with E-state index in [9.17, 15) is 3.89 Å². The number of hydrogen-bond acceptors (Lipinski definition) is 10. The fourth-order valence-electron chi connectivity index (χ4n) is 3.17. The second kappa shape index (κ2) is 11.3. The van der Waals surface area contributed by atoms with E-state index in [1.54, 1.807) is 19.2 Å². The van der Waals surface area contributed by atoms with E-state index < -0.39 is 0 Å². The standard InChI is InChI=1S/C24H26FN9S/c1-26-16-4-8-18(9-5-16)28-22-31-23(29-19-10-6-17(27-2)7-11-19)33-24(32-22)30-20-12-14-21(15-13-20)34(3)35-25/h4-15,26-27H,1-3H3,(H3,28,29,30,31,32,33). The Hall–Kier alpha value is -4.25. The van der Waals surface area contributed by atoms with Gasteiger partial charge in [0.05, 0.1) is 0 Å². The molecule has 0 aliphatic heterocycles. The minimum absolute atomic E-state index is 0.153. The zero-order chi connectivity index (χ0) is 24.6. The lowest BCUT2D eigenvalue weighted by atomic mass is 10.3. The highest BCUT2D eigenvalue weighted by atomic mass is 32.2. The minimum atomic E-state index is 0.153. The first-order chi connectivity index (χ1) is 17.1. The van der Waals surface area contributed by atoms with E-state index in [-0.39, 0.29) is 12.3 Å². The third kappa shape index (κ3) is 6.42. The highest BCUT2D eigenvalue weighted by Gasteiger charge is 2.09. The summed E-state index contributed by atoms with van der Waals surface area (Å²) in [7, 11) is 5.39. The number of aromatic nitrogens is 3. The van der Waals surface area contributed by atoms with E-state index in [1.807, 2.05) is 74.8 Å². The van der Waals surface area contributed by atoms with Crippen LogP contribution in [0.1, 0.15) is 0 Å². The van der Waals surface area contributed by atoms with E-state index in [0.717, 1.165) is 34.1 Å². The minimum Gasteiger partial charge on any atom is -0.388 e. The van der Waals surface area contributed by atoms with Crippen molar-refractivity contribution in [1.29, 1.82) is 0 Å². The number of hydrogen-bond donors (Lipinski definition) is 5. The monoisotopic (exact) mass is 491 g/mol. The second-order valence-electron chi connectivity index (χ2n) is 7.45. The van der Waals surface area contributed by atoms with Crippen LogP contribution >= 0.6 is 12.3 Å². The van der Waals surface area contributed by atoms with Crippen molar-refractivity contribution in [2.45, 2.75) is 0 Å². The normalized spacial score (nSPS) is 10.4. The Morgan fingerprint density at radius 1 is 0.571 bits per heavy atom. The number of benzene rings is 3. The molecule has 11 heteroatoms. The van der Waals surface area contributed by atoms with Gasteiger partial charge >= 0.3 is 0 Å². The molecule has 0 aliphatic carbocycles. The van der Waals surface area contributed by atoms with Gasteiger partial charge in [0, 0.05) is 55.3 Å². The van der Waals surface area contributed by atoms with Crippen LogP contribution in [0.5, 0.6) is 0 Å². The van der Waals surface area contributed by atoms with Gasteiger partial charge in [0.2, 0.25) is 17.8 Å². The molecule has 35 heavy (non-hydrogen) atoms. The number of rotatable bonds is 10. The first-order valence-electron chi connectivity index (χ1n) is 10.8. The molecule has 0 fully saturated rings. The summed E-state index contributed by atoms with van der Waals surface area (Å²) in [5, 5.41) is 15.8. The number of halogens is 1. The van der Waals surface area contributed by atoms with Crippen LogP contribution in [0.2, 0.25) is 0 Å². The summed E-state index contributed by atoms with van der Waals surface area (Å²) >= 11 is 0.153. The molecule has 0 radical (unpaired) electrons. The van der Waals surface area contributed by atoms with Crippen LogP contribution < -0.4 is 30.9 Å². The van der Waals surface area contributed by atoms with E-state index in [2.05, 4.69) is 41.5 Å². The Bertz CT molecular complexity index is 1170. The molecule has 4 aromatic rings. The zero-order valence-electron chi connectivity index (χ0n) is 19.5. The van der Waals surface area contributed by atoms with Crippen LogP contribution in [-0.2, 0) is 0 Å². The molecule has 0 atom stereocenters. The van der Waals surface area contributed by atoms with Gasteiger partial charge in [0.15, 0.2) is 12.3 Å². The molecule has 0 aliphatic rings. The maximum atomic E-state index is 12.8. The van der Waals surface area contributed by atoms with Crippen LogP contribution in [0.3, 0.4) is 0 Å². The van der Waals surface area contributed by atoms with Gasteiger partial charge in [-0.25, -0.2) is 0 Å². The lowest BCUT2D eigenvalue weighted by Gasteiger charge is -2.14. The van der Waals surface area contributed by atoms with Gasteiger partial charge in [-0.3, -0.25) is 4.31 Å². The smallest absolute Gasteiger partial charge is 0.233 e. The third-order valence-corrected chi connectivity index (χ3v) is 5.50. The second-order valence-corrected chi connectivity index (χ2v) is 8.14. The van der Waals surface area contributed by atoms with Crippen molar-refractivity contribution < 1.29 is 3.89 Å². The molecular formula is C24H26FN9S. The Labute approximate surface area is 208 Å². The van der Waals surface area contributed by atoms with E-state index >= 15 is 0 Å². The SMILES string of the molecule is CNc1ccc(Nc2nc(Nc3ccc(NC)cc3)nc(Nc3ccc(N(C)SF)cc3)n2)cc1. The Balaban J connectivity index is 1.60. The quantitative estimate of drug-likeness (QED) is 0.166. The lowest BCUT2D eigenvalue weighted by Crippen LogP contribution is -2.08. The van der Waals surface area contributed by atoms with Gasteiger partial charge in [-0.2, -0.15) is 15.0 Å². The van der Waals surface area contributed by atoms with Crippen molar-refractivity contribution in [3.8, 4) is 0 Å². The molecule has 0 unspecified atom stereocenters. The summed E-state index contributed by atoms with van der Waals surface area (Å²) < 4.78 is 14.3. The van der Waals surface area contributed by atoms with Crippen molar-refractivity contribution in [2.75, 3.05) is 52.0 Å². The van der Waals surface area contributed by atoms with E-state index in [1.165, 1.54) is 4.31 Å². The van der Waals surface area contributed by atoms with Gasteiger partial charge < -0.3 is 26.6 Å². The number of anilines is 9. The van der Waals surface area contributed by atoms with Gasteiger partial charge in [0.25, 0.3) is 0 Å². The maximum Gasteiger partial charge on any atom is 0.233 e. The average Bonchev–Trinajstić information content (AvgIpc) is 2.89. The first-order valence-corrected chi connectivity index (χ1v) is 11.5. The lowest BCUT2D eigenvalue weighted by molar-refractivity contribution is 0.929. The highest BCUT2D eigenvalue weighted by Crippen LogP contribution is 2.25. The van der Waals surface area contributed by atoms with Gasteiger partial charge in [-0.05, 0) is 72.8 Å². The summed E-state index contributed by atoms with van der Waals surface area (Å²) in [5.41, 5.74) is 5.16. The van der Waals surface area contributed by atoms with Crippen molar-refractivity contribution in [3.63, 3.8) is 0 Å². The fourth-order valence-corrected chi connectivity index (χ4v) is 3.37. The van der Waals surface area contributed by atoms with Crippen molar-refractivity contribution in [3.05, 3.63) is 72.8 Å². The predicted octanol–water partition coefficient (Wildman–Crippen LogP) is 6.15. The van der Waals surface area contributed by atoms with Gasteiger partial charge in [-0.1, -0.05) is 0 Å². The molecule has 180 valence electrons. The topological polar surface area (TPSA) is 102 Å². The molecule has 5 N–H and O–H groups in total. The molecule has 0 bridgehead atoms. The summed E-state index contributed by atoms with van der Waals surface area (Å²) in [6.45, 7) is 0. The molecule has 3 aromatic carbocycles. The number of nitrogens with one attached hydrogen (secondary N) is 5. The zero-order valence-corrected chi connectivity index (χ0v) is 20.3. The Kier molecular flexibility index (Phi) is 7.68.